The van der Waals surface area contributed by atoms with Crippen molar-refractivity contribution in [1.82, 2.24) is 0 Å². The Labute approximate surface area is 141 Å². The highest BCUT2D eigenvalue weighted by Gasteiger charge is 2.40. The average molecular weight is 324 g/mol. The number of ether oxygens (including phenoxy) is 2. The van der Waals surface area contributed by atoms with Crippen molar-refractivity contribution in [3.8, 4) is 5.75 Å². The van der Waals surface area contributed by atoms with Crippen LogP contribution in [0.25, 0.3) is 0 Å². The molecule has 3 rings (SSSR count). The molecule has 0 aromatic heterocycles. The maximum atomic E-state index is 12.4. The fourth-order valence-corrected chi connectivity index (χ4v) is 3.17. The number of methoxy groups -OCH3 is 1. The van der Waals surface area contributed by atoms with E-state index in [4.69, 9.17) is 9.47 Å². The Balaban J connectivity index is 2.23. The van der Waals surface area contributed by atoms with Gasteiger partial charge >= 0.3 is 5.97 Å². The molecule has 1 atom stereocenters. The van der Waals surface area contributed by atoms with Gasteiger partial charge in [0.2, 0.25) is 0 Å². The van der Waals surface area contributed by atoms with Crippen molar-refractivity contribution in [3.63, 3.8) is 0 Å². The molecule has 0 radical (unpaired) electrons. The molecule has 2 aromatic carbocycles. The van der Waals surface area contributed by atoms with E-state index in [1.54, 1.807) is 19.1 Å². The minimum absolute atomic E-state index is 0.0469. The molecular formula is C20H20O4. The Bertz CT molecular complexity index is 795. The van der Waals surface area contributed by atoms with Crippen LogP contribution in [-0.2, 0) is 10.2 Å². The van der Waals surface area contributed by atoms with E-state index in [0.717, 1.165) is 11.1 Å². The number of fused-ring (bicyclic) bond motifs is 1. The second kappa shape index (κ2) is 6.11. The monoisotopic (exact) mass is 324 g/mol. The number of esters is 1. The molecule has 0 aliphatic carbocycles. The van der Waals surface area contributed by atoms with Crippen LogP contribution in [-0.4, -0.2) is 25.5 Å². The van der Waals surface area contributed by atoms with Gasteiger partial charge in [-0.05, 0) is 24.6 Å². The summed E-state index contributed by atoms with van der Waals surface area (Å²) in [6, 6.07) is 13.3. The van der Waals surface area contributed by atoms with Crippen molar-refractivity contribution in [2.24, 2.45) is 0 Å². The molecule has 0 fully saturated rings. The lowest BCUT2D eigenvalue weighted by Crippen LogP contribution is -2.25. The van der Waals surface area contributed by atoms with Gasteiger partial charge in [-0.25, -0.2) is 4.79 Å². The minimum atomic E-state index is -0.453. The van der Waals surface area contributed by atoms with E-state index in [9.17, 15) is 9.59 Å². The fourth-order valence-electron chi connectivity index (χ4n) is 3.17. The quantitative estimate of drug-likeness (QED) is 0.635. The first-order valence-corrected chi connectivity index (χ1v) is 7.99. The molecular weight excluding hydrogens is 304 g/mol. The van der Waals surface area contributed by atoms with Crippen LogP contribution in [0.15, 0.2) is 42.5 Å². The van der Waals surface area contributed by atoms with Gasteiger partial charge in [0.05, 0.1) is 23.7 Å². The lowest BCUT2D eigenvalue weighted by atomic mass is 9.77. The summed E-state index contributed by atoms with van der Waals surface area (Å²) >= 11 is 0. The van der Waals surface area contributed by atoms with Crippen molar-refractivity contribution in [3.05, 3.63) is 64.7 Å². The van der Waals surface area contributed by atoms with Gasteiger partial charge in [-0.3, -0.25) is 4.79 Å². The summed E-state index contributed by atoms with van der Waals surface area (Å²) in [6.45, 7) is 4.29. The topological polar surface area (TPSA) is 52.6 Å². The highest BCUT2D eigenvalue weighted by atomic mass is 16.5. The van der Waals surface area contributed by atoms with Gasteiger partial charge in [0.15, 0.2) is 5.78 Å². The summed E-state index contributed by atoms with van der Waals surface area (Å²) in [5.41, 5.74) is 2.36. The van der Waals surface area contributed by atoms with Gasteiger partial charge in [-0.2, -0.15) is 0 Å². The fraction of sp³-hybridized carbons (Fsp3) is 0.300. The number of Topliss-reactive ketones (excluding diaryl/α,β-unsaturated/α-hetero) is 1. The highest BCUT2D eigenvalue weighted by molar-refractivity contribution is 6.02. The van der Waals surface area contributed by atoms with Gasteiger partial charge in [0, 0.05) is 12.0 Å². The molecule has 4 nitrogen and oxygen atoms in total. The molecule has 0 bridgehead atoms. The highest BCUT2D eigenvalue weighted by Crippen LogP contribution is 2.45. The molecule has 124 valence electrons. The zero-order chi connectivity index (χ0) is 17.3. The smallest absolute Gasteiger partial charge is 0.337 e. The summed E-state index contributed by atoms with van der Waals surface area (Å²) in [5, 5.41) is 0. The predicted octanol–water partition coefficient (Wildman–Crippen LogP) is 3.76. The van der Waals surface area contributed by atoms with E-state index >= 15 is 0 Å². The van der Waals surface area contributed by atoms with E-state index < -0.39 is 11.4 Å². The second-order valence-electron chi connectivity index (χ2n) is 6.16. The van der Waals surface area contributed by atoms with Crippen LogP contribution in [0, 0.1) is 0 Å². The Kier molecular flexibility index (Phi) is 4.14. The van der Waals surface area contributed by atoms with Crippen molar-refractivity contribution in [2.45, 2.75) is 25.7 Å². The minimum Gasteiger partial charge on any atom is -0.491 e. The number of hydrogen-bond acceptors (Lipinski definition) is 4. The lowest BCUT2D eigenvalue weighted by Gasteiger charge is -2.23. The molecule has 1 heterocycles. The third kappa shape index (κ3) is 2.48. The first kappa shape index (κ1) is 16.2. The summed E-state index contributed by atoms with van der Waals surface area (Å²) in [5.74, 6) is 0.0837. The maximum absolute atomic E-state index is 12.4. The van der Waals surface area contributed by atoms with Crippen LogP contribution in [0.2, 0.25) is 0 Å². The van der Waals surface area contributed by atoms with E-state index in [0.29, 0.717) is 29.9 Å². The zero-order valence-electron chi connectivity index (χ0n) is 14.1. The van der Waals surface area contributed by atoms with Crippen molar-refractivity contribution < 1.29 is 19.1 Å². The van der Waals surface area contributed by atoms with E-state index in [-0.39, 0.29) is 5.78 Å². The molecule has 2 aromatic rings. The van der Waals surface area contributed by atoms with Crippen molar-refractivity contribution >= 4 is 11.8 Å². The number of benzene rings is 2. The Morgan fingerprint density at radius 2 is 1.92 bits per heavy atom. The molecule has 0 unspecified atom stereocenters. The zero-order valence-corrected chi connectivity index (χ0v) is 14.1. The van der Waals surface area contributed by atoms with Gasteiger partial charge in [0.1, 0.15) is 12.4 Å². The van der Waals surface area contributed by atoms with Crippen LogP contribution in [0.3, 0.4) is 0 Å². The van der Waals surface area contributed by atoms with Gasteiger partial charge in [-0.1, -0.05) is 37.3 Å². The number of carbonyl (C=O) groups is 2. The average Bonchev–Trinajstić information content (AvgIpc) is 2.98. The molecule has 0 saturated carbocycles. The van der Waals surface area contributed by atoms with Crippen LogP contribution in [0.5, 0.6) is 5.75 Å². The lowest BCUT2D eigenvalue weighted by molar-refractivity contribution is 0.0600. The molecule has 24 heavy (non-hydrogen) atoms. The molecule has 1 aliphatic rings. The third-order valence-corrected chi connectivity index (χ3v) is 4.64. The summed E-state index contributed by atoms with van der Waals surface area (Å²) in [6.07, 6.45) is 0.350. The molecule has 1 aliphatic heterocycles. The summed E-state index contributed by atoms with van der Waals surface area (Å²) in [4.78, 5) is 24.4. The third-order valence-electron chi connectivity index (χ3n) is 4.64. The van der Waals surface area contributed by atoms with Crippen LogP contribution in [0.4, 0.5) is 0 Å². The number of hydrogen-bond donors (Lipinski definition) is 0. The number of rotatable bonds is 4. The molecule has 0 spiro atoms. The van der Waals surface area contributed by atoms with Crippen molar-refractivity contribution in [2.75, 3.05) is 13.7 Å². The van der Waals surface area contributed by atoms with Gasteiger partial charge in [0.25, 0.3) is 0 Å². The predicted molar refractivity (Wildman–Crippen MR) is 90.8 cm³/mol. The normalized spacial score (nSPS) is 18.6. The largest absolute Gasteiger partial charge is 0.491 e. The standard InChI is InChI=1S/C20H20O4/c1-4-17(21)15-10-13(19(22)23-3)11-16-18(15)24-12-20(16,2)14-8-6-5-7-9-14/h5-11H,4,12H2,1-3H3/t20-/m0/s1. The second-order valence-corrected chi connectivity index (χ2v) is 6.16. The summed E-state index contributed by atoms with van der Waals surface area (Å²) in [7, 11) is 1.34. The number of carbonyl (C=O) groups excluding carboxylic acids is 2. The van der Waals surface area contributed by atoms with Crippen LogP contribution in [0.1, 0.15) is 52.1 Å². The van der Waals surface area contributed by atoms with Crippen molar-refractivity contribution in [1.29, 1.82) is 0 Å². The Morgan fingerprint density at radius 1 is 1.21 bits per heavy atom. The first-order chi connectivity index (χ1) is 11.5. The maximum Gasteiger partial charge on any atom is 0.337 e. The first-order valence-electron chi connectivity index (χ1n) is 7.99. The molecule has 0 amide bonds. The van der Waals surface area contributed by atoms with Gasteiger partial charge in [-0.15, -0.1) is 0 Å². The van der Waals surface area contributed by atoms with Crippen LogP contribution < -0.4 is 4.74 Å². The van der Waals surface area contributed by atoms with Crippen LogP contribution >= 0.6 is 0 Å². The van der Waals surface area contributed by atoms with E-state index in [2.05, 4.69) is 6.92 Å². The SMILES string of the molecule is CCC(=O)c1cc(C(=O)OC)cc2c1OC[C@@]2(C)c1ccccc1. The molecule has 0 saturated heterocycles. The van der Waals surface area contributed by atoms with E-state index in [1.807, 2.05) is 30.3 Å². The number of ketones is 1. The molecule has 4 heteroatoms. The van der Waals surface area contributed by atoms with Gasteiger partial charge < -0.3 is 9.47 Å². The molecule has 0 N–H and O–H groups in total. The Morgan fingerprint density at radius 3 is 2.54 bits per heavy atom. The Hall–Kier alpha value is -2.62. The summed E-state index contributed by atoms with van der Waals surface area (Å²) < 4.78 is 10.8. The van der Waals surface area contributed by atoms with E-state index in [1.165, 1.54) is 7.11 Å².